The highest BCUT2D eigenvalue weighted by Crippen LogP contribution is 2.11. The number of nitrogens with one attached hydrogen (secondary N) is 4. The number of nitrogens with zero attached hydrogens (tertiary/aromatic N) is 6. The van der Waals surface area contributed by atoms with Crippen LogP contribution in [0.5, 0.6) is 0 Å². The van der Waals surface area contributed by atoms with Crippen molar-refractivity contribution in [3.05, 3.63) is 59.2 Å². The van der Waals surface area contributed by atoms with Crippen molar-refractivity contribution in [2.24, 2.45) is 23.4 Å². The van der Waals surface area contributed by atoms with Crippen LogP contribution in [0.4, 0.5) is 0 Å². The molecule has 44 heavy (non-hydrogen) atoms. The molecule has 0 aromatic carbocycles. The van der Waals surface area contributed by atoms with Crippen molar-refractivity contribution in [2.45, 2.75) is 26.2 Å². The summed E-state index contributed by atoms with van der Waals surface area (Å²) >= 11 is 0. The third-order valence-corrected chi connectivity index (χ3v) is 6.85. The maximum Gasteiger partial charge on any atom is 0.248 e. The third kappa shape index (κ3) is 11.9. The minimum atomic E-state index is -0.379. The van der Waals surface area contributed by atoms with Gasteiger partial charge in [-0.1, -0.05) is 12.1 Å². The van der Waals surface area contributed by atoms with Gasteiger partial charge < -0.3 is 0 Å². The van der Waals surface area contributed by atoms with E-state index in [1.807, 2.05) is 56.0 Å². The maximum absolute atomic E-state index is 12.3. The summed E-state index contributed by atoms with van der Waals surface area (Å²) in [6, 6.07) is 11.1. The number of fused-ring (bicyclic) bond motifs is 4. The van der Waals surface area contributed by atoms with Gasteiger partial charge in [0.15, 0.2) is 0 Å². The molecule has 2 aromatic heterocycles. The van der Waals surface area contributed by atoms with E-state index in [0.717, 1.165) is 0 Å². The number of hydrazine groups is 4. The predicted molar refractivity (Wildman–Crippen MR) is 159 cm³/mol. The first-order chi connectivity index (χ1) is 21.2. The molecule has 240 valence electrons. The van der Waals surface area contributed by atoms with E-state index in [4.69, 9.17) is 33.3 Å². The first-order valence-electron chi connectivity index (χ1n) is 14.0. The summed E-state index contributed by atoms with van der Waals surface area (Å²) < 4.78 is 0. The molecule has 0 saturated heterocycles. The van der Waals surface area contributed by atoms with E-state index in [1.54, 1.807) is 0 Å². The highest BCUT2D eigenvalue weighted by Gasteiger charge is 2.20. The van der Waals surface area contributed by atoms with Crippen LogP contribution in [0.1, 0.15) is 22.8 Å². The molecule has 0 spiro atoms. The van der Waals surface area contributed by atoms with Crippen molar-refractivity contribution in [1.29, 1.82) is 0 Å². The van der Waals surface area contributed by atoms with Gasteiger partial charge in [0.05, 0.1) is 49.0 Å². The molecule has 4 bridgehead atoms. The largest absolute Gasteiger partial charge is 0.293 e. The van der Waals surface area contributed by atoms with Gasteiger partial charge in [-0.2, -0.15) is 0 Å². The fourth-order valence-corrected chi connectivity index (χ4v) is 4.74. The first kappa shape index (κ1) is 34.4. The van der Waals surface area contributed by atoms with Gasteiger partial charge in [-0.3, -0.25) is 70.4 Å². The molecule has 1 aliphatic rings. The summed E-state index contributed by atoms with van der Waals surface area (Å²) in [7, 11) is 0. The SMILES string of the molecule is NNC(=O)CN1CCN(CC(=O)NN)Cc2cccc(n2)CN(CC(=O)NN)CCN(CC(=O)NN)Cc2cccc(n2)C1. The average Bonchev–Trinajstić information content (AvgIpc) is 3.01. The molecule has 3 heterocycles. The number of pyridine rings is 2. The highest BCUT2D eigenvalue weighted by molar-refractivity contribution is 5.78. The van der Waals surface area contributed by atoms with Crippen LogP contribution in [0.2, 0.25) is 0 Å². The Balaban J connectivity index is 1.98. The average molecular weight is 615 g/mol. The molecule has 2 aromatic rings. The number of amides is 4. The van der Waals surface area contributed by atoms with E-state index in [1.165, 1.54) is 0 Å². The summed E-state index contributed by atoms with van der Waals surface area (Å²) in [5, 5.41) is 0. The lowest BCUT2D eigenvalue weighted by Gasteiger charge is -2.28. The second-order valence-corrected chi connectivity index (χ2v) is 10.4. The van der Waals surface area contributed by atoms with Crippen molar-refractivity contribution >= 4 is 23.6 Å². The summed E-state index contributed by atoms with van der Waals surface area (Å²) in [6.07, 6.45) is 0. The second kappa shape index (κ2) is 17.9. The van der Waals surface area contributed by atoms with Crippen LogP contribution < -0.4 is 45.1 Å². The van der Waals surface area contributed by atoms with Gasteiger partial charge in [0.2, 0.25) is 23.6 Å². The molecule has 3 rings (SSSR count). The van der Waals surface area contributed by atoms with Crippen molar-refractivity contribution in [3.8, 4) is 0 Å². The Hall–Kier alpha value is -4.14. The molecule has 4 amide bonds. The van der Waals surface area contributed by atoms with E-state index in [9.17, 15) is 19.2 Å². The summed E-state index contributed by atoms with van der Waals surface area (Å²) in [4.78, 5) is 66.0. The lowest BCUT2D eigenvalue weighted by Crippen LogP contribution is -2.46. The third-order valence-electron chi connectivity index (χ3n) is 6.85. The Morgan fingerprint density at radius 2 is 0.727 bits per heavy atom. The van der Waals surface area contributed by atoms with Gasteiger partial charge in [-0.05, 0) is 24.3 Å². The van der Waals surface area contributed by atoms with Gasteiger partial charge in [0.25, 0.3) is 0 Å². The fourth-order valence-electron chi connectivity index (χ4n) is 4.74. The van der Waals surface area contributed by atoms with Crippen LogP contribution in [0.25, 0.3) is 0 Å². The van der Waals surface area contributed by atoms with Crippen molar-refractivity contribution in [2.75, 3.05) is 52.4 Å². The number of hydrogen-bond acceptors (Lipinski definition) is 14. The van der Waals surface area contributed by atoms with Gasteiger partial charge in [-0.25, -0.2) is 23.4 Å². The maximum atomic E-state index is 12.3. The van der Waals surface area contributed by atoms with Crippen molar-refractivity contribution in [1.82, 2.24) is 51.3 Å². The number of rotatable bonds is 8. The predicted octanol–water partition coefficient (Wildman–Crippen LogP) is -4.64. The Kier molecular flexibility index (Phi) is 13.9. The minimum Gasteiger partial charge on any atom is -0.293 e. The van der Waals surface area contributed by atoms with E-state index < -0.39 is 0 Å². The van der Waals surface area contributed by atoms with Crippen LogP contribution >= 0.6 is 0 Å². The number of nitrogens with two attached hydrogens (primary N) is 4. The van der Waals surface area contributed by atoms with Crippen LogP contribution in [0, 0.1) is 0 Å². The minimum absolute atomic E-state index is 0.00206. The topological polar surface area (TPSA) is 259 Å². The van der Waals surface area contributed by atoms with Crippen LogP contribution in [0.3, 0.4) is 0 Å². The van der Waals surface area contributed by atoms with E-state index >= 15 is 0 Å². The lowest BCUT2D eigenvalue weighted by atomic mass is 10.2. The molecule has 0 unspecified atom stereocenters. The molecule has 0 saturated carbocycles. The van der Waals surface area contributed by atoms with Crippen LogP contribution in [0.15, 0.2) is 36.4 Å². The molecule has 0 fully saturated rings. The molecular formula is C26H42N14O4. The van der Waals surface area contributed by atoms with Gasteiger partial charge in [0.1, 0.15) is 0 Å². The number of carbonyl (C=O) groups excluding carboxylic acids is 4. The number of hydrogen-bond donors (Lipinski definition) is 8. The fraction of sp³-hybridized carbons (Fsp3) is 0.462. The first-order valence-corrected chi connectivity index (χ1v) is 14.0. The summed E-state index contributed by atoms with van der Waals surface area (Å²) in [5.41, 5.74) is 11.4. The van der Waals surface area contributed by atoms with Gasteiger partial charge >= 0.3 is 0 Å². The van der Waals surface area contributed by atoms with Crippen LogP contribution in [-0.2, 0) is 45.4 Å². The monoisotopic (exact) mass is 614 g/mol. The van der Waals surface area contributed by atoms with Gasteiger partial charge in [0, 0.05) is 52.4 Å². The van der Waals surface area contributed by atoms with Crippen molar-refractivity contribution < 1.29 is 19.2 Å². The zero-order chi connectivity index (χ0) is 31.9. The molecule has 1 aliphatic heterocycles. The van der Waals surface area contributed by atoms with Gasteiger partial charge in [-0.15, -0.1) is 0 Å². The zero-order valence-corrected chi connectivity index (χ0v) is 24.6. The summed E-state index contributed by atoms with van der Waals surface area (Å²) in [6.45, 7) is 2.84. The smallest absolute Gasteiger partial charge is 0.248 e. The van der Waals surface area contributed by atoms with Crippen molar-refractivity contribution in [3.63, 3.8) is 0 Å². The Morgan fingerprint density at radius 1 is 0.500 bits per heavy atom. The molecular weight excluding hydrogens is 572 g/mol. The quantitative estimate of drug-likeness (QED) is 0.0790. The number of carbonyl (C=O) groups is 4. The molecule has 0 aliphatic carbocycles. The molecule has 18 heteroatoms. The molecule has 0 radical (unpaired) electrons. The van der Waals surface area contributed by atoms with E-state index in [2.05, 4.69) is 21.7 Å². The summed E-state index contributed by atoms with van der Waals surface area (Å²) in [5.74, 6) is 20.0. The highest BCUT2D eigenvalue weighted by atomic mass is 16.2. The molecule has 18 nitrogen and oxygen atoms in total. The lowest BCUT2D eigenvalue weighted by molar-refractivity contribution is -0.124. The van der Waals surface area contributed by atoms with Crippen LogP contribution in [-0.4, -0.2) is 106 Å². The Bertz CT molecular complexity index is 1080. The second-order valence-electron chi connectivity index (χ2n) is 10.4. The Morgan fingerprint density at radius 3 is 0.932 bits per heavy atom. The number of aromatic nitrogens is 2. The van der Waals surface area contributed by atoms with E-state index in [0.29, 0.717) is 75.1 Å². The zero-order valence-electron chi connectivity index (χ0n) is 24.6. The Labute approximate surface area is 255 Å². The normalized spacial score (nSPS) is 16.3. The molecule has 12 N–H and O–H groups in total. The standard InChI is InChI=1S/C26H42N14O4/c27-33-23(41)15-37-7-9-39(17-25(43)35-29)13-21-5-2-6-22(32-21)14-40(18-26(44)36-30)10-8-38(16-24(42)34-28)12-20-4-1-3-19(11-37)31-20/h1-6H,7-18,27-30H2,(H,33,41)(H,34,42)(H,35,43)(H,36,44). The van der Waals surface area contributed by atoms with E-state index in [-0.39, 0.29) is 49.8 Å². The molecule has 0 atom stereocenters.